The summed E-state index contributed by atoms with van der Waals surface area (Å²) in [4.78, 5) is 0. The molecule has 0 radical (unpaired) electrons. The molecule has 0 unspecified atom stereocenters. The third kappa shape index (κ3) is 2.59. The van der Waals surface area contributed by atoms with Gasteiger partial charge in [0, 0.05) is 5.56 Å². The highest BCUT2D eigenvalue weighted by Crippen LogP contribution is 2.60. The SMILES string of the molecule is FC(F)C(F)(F)C(F)(F)C(F)(F)C(F)(F)C(F)(F)c1ccccc1. The van der Waals surface area contributed by atoms with E-state index in [0.717, 1.165) is 6.07 Å². The second-order valence-electron chi connectivity index (χ2n) is 4.59. The van der Waals surface area contributed by atoms with Gasteiger partial charge in [-0.25, -0.2) is 8.78 Å². The maximum absolute atomic E-state index is 13.6. The summed E-state index contributed by atoms with van der Waals surface area (Å²) in [6.45, 7) is 0. The van der Waals surface area contributed by atoms with Gasteiger partial charge in [0.15, 0.2) is 0 Å². The first-order valence-electron chi connectivity index (χ1n) is 5.78. The van der Waals surface area contributed by atoms with Gasteiger partial charge in [0.1, 0.15) is 0 Å². The van der Waals surface area contributed by atoms with Crippen molar-refractivity contribution in [3.05, 3.63) is 35.9 Å². The summed E-state index contributed by atoms with van der Waals surface area (Å²) >= 11 is 0. The van der Waals surface area contributed by atoms with E-state index in [-0.39, 0.29) is 12.1 Å². The minimum atomic E-state index is -7.50. The van der Waals surface area contributed by atoms with Gasteiger partial charge in [-0.1, -0.05) is 30.3 Å². The lowest BCUT2D eigenvalue weighted by molar-refractivity contribution is -0.415. The van der Waals surface area contributed by atoms with E-state index in [4.69, 9.17) is 0 Å². The Labute approximate surface area is 126 Å². The molecule has 0 bridgehead atoms. The molecular formula is C12H6F12. The van der Waals surface area contributed by atoms with E-state index in [1.165, 1.54) is 0 Å². The second kappa shape index (κ2) is 5.73. The second-order valence-corrected chi connectivity index (χ2v) is 4.59. The molecule has 1 aromatic carbocycles. The van der Waals surface area contributed by atoms with Gasteiger partial charge in [0.2, 0.25) is 0 Å². The molecule has 0 fully saturated rings. The average Bonchev–Trinajstić information content (AvgIpc) is 2.47. The van der Waals surface area contributed by atoms with Gasteiger partial charge in [0.05, 0.1) is 0 Å². The first-order valence-corrected chi connectivity index (χ1v) is 5.78. The van der Waals surface area contributed by atoms with Crippen molar-refractivity contribution in [2.75, 3.05) is 0 Å². The molecule has 0 saturated carbocycles. The summed E-state index contributed by atoms with van der Waals surface area (Å²) < 4.78 is 155. The van der Waals surface area contributed by atoms with Crippen LogP contribution >= 0.6 is 0 Å². The van der Waals surface area contributed by atoms with E-state index in [9.17, 15) is 52.7 Å². The maximum Gasteiger partial charge on any atom is 0.385 e. The molecule has 0 spiro atoms. The van der Waals surface area contributed by atoms with E-state index >= 15 is 0 Å². The Bertz CT molecular complexity index is 563. The summed E-state index contributed by atoms with van der Waals surface area (Å²) in [5, 5.41) is 0. The lowest BCUT2D eigenvalue weighted by Gasteiger charge is -2.39. The van der Waals surface area contributed by atoms with Gasteiger partial charge in [0.25, 0.3) is 0 Å². The standard InChI is InChI=1S/C12H6F12/c13-7(14)9(17,18)11(21,22)12(23,24)10(19,20)8(15,16)6-4-2-1-3-5-6/h1-5,7H. The molecular weight excluding hydrogens is 372 g/mol. The van der Waals surface area contributed by atoms with Gasteiger partial charge < -0.3 is 0 Å². The Morgan fingerprint density at radius 2 is 1.00 bits per heavy atom. The monoisotopic (exact) mass is 378 g/mol. The molecule has 0 atom stereocenters. The first kappa shape index (κ1) is 20.4. The fourth-order valence-corrected chi connectivity index (χ4v) is 1.57. The van der Waals surface area contributed by atoms with Crippen molar-refractivity contribution < 1.29 is 52.7 Å². The highest BCUT2D eigenvalue weighted by atomic mass is 19.4. The molecule has 0 aliphatic carbocycles. The summed E-state index contributed by atoms with van der Waals surface area (Å²) in [6, 6.07) is 2.59. The van der Waals surface area contributed by atoms with E-state index in [2.05, 4.69) is 0 Å². The molecule has 1 aromatic rings. The van der Waals surface area contributed by atoms with Gasteiger partial charge in [-0.05, 0) is 0 Å². The van der Waals surface area contributed by atoms with Gasteiger partial charge in [-0.2, -0.15) is 43.9 Å². The highest BCUT2D eigenvalue weighted by molar-refractivity contribution is 5.25. The zero-order valence-corrected chi connectivity index (χ0v) is 11.0. The van der Waals surface area contributed by atoms with Crippen LogP contribution in [0.1, 0.15) is 5.56 Å². The number of hydrogen-bond donors (Lipinski definition) is 0. The largest absolute Gasteiger partial charge is 0.385 e. The van der Waals surface area contributed by atoms with Crippen molar-refractivity contribution in [1.82, 2.24) is 0 Å². The molecule has 0 aliphatic heterocycles. The third-order valence-electron chi connectivity index (χ3n) is 3.01. The first-order chi connectivity index (χ1) is 10.5. The van der Waals surface area contributed by atoms with Crippen LogP contribution < -0.4 is 0 Å². The van der Waals surface area contributed by atoms with Crippen LogP contribution in [0.4, 0.5) is 52.7 Å². The molecule has 24 heavy (non-hydrogen) atoms. The molecule has 0 N–H and O–H groups in total. The number of halogens is 12. The molecule has 138 valence electrons. The number of alkyl halides is 12. The van der Waals surface area contributed by atoms with Crippen molar-refractivity contribution in [1.29, 1.82) is 0 Å². The van der Waals surface area contributed by atoms with Gasteiger partial charge >= 0.3 is 36.0 Å². The van der Waals surface area contributed by atoms with Gasteiger partial charge in [-0.15, -0.1) is 0 Å². The third-order valence-corrected chi connectivity index (χ3v) is 3.01. The predicted molar refractivity (Wildman–Crippen MR) is 56.1 cm³/mol. The molecule has 1 rings (SSSR count). The Hall–Kier alpha value is -1.62. The van der Waals surface area contributed by atoms with E-state index in [0.29, 0.717) is 12.1 Å². The van der Waals surface area contributed by atoms with Crippen molar-refractivity contribution in [2.45, 2.75) is 36.0 Å². The zero-order chi connectivity index (χ0) is 19.2. The van der Waals surface area contributed by atoms with Crippen LogP contribution in [0.3, 0.4) is 0 Å². The maximum atomic E-state index is 13.6. The van der Waals surface area contributed by atoms with E-state index in [1.54, 1.807) is 0 Å². The molecule has 0 heterocycles. The van der Waals surface area contributed by atoms with Crippen molar-refractivity contribution in [2.24, 2.45) is 0 Å². The highest BCUT2D eigenvalue weighted by Gasteiger charge is 2.87. The van der Waals surface area contributed by atoms with Crippen molar-refractivity contribution in [3.8, 4) is 0 Å². The van der Waals surface area contributed by atoms with E-state index in [1.807, 2.05) is 0 Å². The smallest absolute Gasteiger partial charge is 0.203 e. The van der Waals surface area contributed by atoms with Crippen LogP contribution in [0, 0.1) is 0 Å². The molecule has 0 aliphatic rings. The van der Waals surface area contributed by atoms with Crippen molar-refractivity contribution >= 4 is 0 Å². The fourth-order valence-electron chi connectivity index (χ4n) is 1.57. The normalized spacial score (nSPS) is 15.0. The number of hydrogen-bond acceptors (Lipinski definition) is 0. The topological polar surface area (TPSA) is 0 Å². The Kier molecular flexibility index (Phi) is 4.87. The van der Waals surface area contributed by atoms with Crippen LogP contribution in [-0.2, 0) is 5.92 Å². The van der Waals surface area contributed by atoms with Crippen LogP contribution in [0.25, 0.3) is 0 Å². The van der Waals surface area contributed by atoms with Crippen LogP contribution in [0.5, 0.6) is 0 Å². The van der Waals surface area contributed by atoms with Crippen LogP contribution in [0.2, 0.25) is 0 Å². The molecule has 0 nitrogen and oxygen atoms in total. The average molecular weight is 378 g/mol. The fraction of sp³-hybridized carbons (Fsp3) is 0.500. The summed E-state index contributed by atoms with van der Waals surface area (Å²) in [6.07, 6.45) is -5.50. The molecule has 0 aromatic heterocycles. The molecule has 0 amide bonds. The molecule has 12 heteroatoms. The Balaban J connectivity index is 3.49. The lowest BCUT2D eigenvalue weighted by Crippen LogP contribution is -2.67. The Morgan fingerprint density at radius 1 is 0.583 bits per heavy atom. The minimum Gasteiger partial charge on any atom is -0.203 e. The summed E-state index contributed by atoms with van der Waals surface area (Å²) in [5.74, 6) is -35.1. The summed E-state index contributed by atoms with van der Waals surface area (Å²) in [5.41, 5.74) is -1.90. The minimum absolute atomic E-state index is 0.146. The Morgan fingerprint density at radius 3 is 1.38 bits per heavy atom. The lowest BCUT2D eigenvalue weighted by atomic mass is 9.91. The quantitative estimate of drug-likeness (QED) is 0.567. The van der Waals surface area contributed by atoms with E-state index < -0.39 is 41.6 Å². The predicted octanol–water partition coefficient (Wildman–Crippen LogP) is 5.58. The summed E-state index contributed by atoms with van der Waals surface area (Å²) in [7, 11) is 0. The van der Waals surface area contributed by atoms with Crippen LogP contribution in [0.15, 0.2) is 30.3 Å². The van der Waals surface area contributed by atoms with Crippen LogP contribution in [-0.4, -0.2) is 30.1 Å². The van der Waals surface area contributed by atoms with Crippen molar-refractivity contribution in [3.63, 3.8) is 0 Å². The number of rotatable bonds is 6. The van der Waals surface area contributed by atoms with Gasteiger partial charge in [-0.3, -0.25) is 0 Å². The number of benzene rings is 1. The zero-order valence-electron chi connectivity index (χ0n) is 11.0. The molecule has 0 saturated heterocycles.